The molecule has 2 N–H and O–H groups in total. The van der Waals surface area contributed by atoms with E-state index in [1.165, 1.54) is 18.9 Å². The number of esters is 1. The lowest BCUT2D eigenvalue weighted by Gasteiger charge is -2.15. The molecule has 2 atom stereocenters. The second kappa shape index (κ2) is 5.13. The van der Waals surface area contributed by atoms with Crippen LogP contribution in [0, 0.1) is 0 Å². The number of hydrogen-bond donors (Lipinski definition) is 1. The highest BCUT2D eigenvalue weighted by Gasteiger charge is 2.23. The topological polar surface area (TPSA) is 83.0 Å². The Hall–Kier alpha value is -1.08. The van der Waals surface area contributed by atoms with Crippen LogP contribution in [0.15, 0.2) is 11.5 Å². The average Bonchev–Trinajstić information content (AvgIpc) is 2.62. The minimum absolute atomic E-state index is 0.111. The summed E-state index contributed by atoms with van der Waals surface area (Å²) >= 11 is 1.39. The van der Waals surface area contributed by atoms with Gasteiger partial charge in [-0.2, -0.15) is 0 Å². The molecule has 7 heteroatoms. The number of methoxy groups -OCH3 is 1. The molecule has 0 unspecified atom stereocenters. The Balaban J connectivity index is 2.59. The molecule has 0 aromatic carbocycles. The van der Waals surface area contributed by atoms with Gasteiger partial charge >= 0.3 is 5.97 Å². The third-order valence-corrected chi connectivity index (χ3v) is 3.19. The zero-order valence-corrected chi connectivity index (χ0v) is 9.69. The van der Waals surface area contributed by atoms with E-state index in [0.29, 0.717) is 0 Å². The van der Waals surface area contributed by atoms with Crippen molar-refractivity contribution in [2.75, 3.05) is 7.11 Å². The van der Waals surface area contributed by atoms with E-state index in [9.17, 15) is 4.79 Å². The molecule has 1 aromatic heterocycles. The maximum Gasteiger partial charge on any atom is 0.323 e. The lowest BCUT2D eigenvalue weighted by molar-refractivity contribution is -0.142. The monoisotopic (exact) mass is 230 g/mol. The normalized spacial score (nSPS) is 14.7. The van der Waals surface area contributed by atoms with E-state index in [4.69, 9.17) is 5.73 Å². The van der Waals surface area contributed by atoms with Crippen LogP contribution in [0.5, 0.6) is 0 Å². The number of rotatable bonds is 4. The standard InChI is InChI=1S/C8H14N4O2S/c1-5(6(9)7(13)14-3)15-8-11-10-4-12(8)2/h4-6H,9H2,1-3H3/t5-,6+/m1/s1. The van der Waals surface area contributed by atoms with E-state index in [-0.39, 0.29) is 5.25 Å². The molecule has 0 saturated carbocycles. The Morgan fingerprint density at radius 2 is 2.40 bits per heavy atom. The summed E-state index contributed by atoms with van der Waals surface area (Å²) in [6.45, 7) is 1.85. The molecule has 0 amide bonds. The highest BCUT2D eigenvalue weighted by Crippen LogP contribution is 2.21. The highest BCUT2D eigenvalue weighted by atomic mass is 32.2. The molecule has 0 saturated heterocycles. The fourth-order valence-corrected chi connectivity index (χ4v) is 1.84. The van der Waals surface area contributed by atoms with Crippen molar-refractivity contribution in [3.63, 3.8) is 0 Å². The molecule has 84 valence electrons. The van der Waals surface area contributed by atoms with Gasteiger partial charge in [0.1, 0.15) is 12.4 Å². The number of thioether (sulfide) groups is 1. The molecule has 0 fully saturated rings. The van der Waals surface area contributed by atoms with Crippen LogP contribution in [0.2, 0.25) is 0 Å². The van der Waals surface area contributed by atoms with Crippen LogP contribution in [0.25, 0.3) is 0 Å². The summed E-state index contributed by atoms with van der Waals surface area (Å²) < 4.78 is 6.33. The number of nitrogens with zero attached hydrogens (tertiary/aromatic N) is 3. The first-order chi connectivity index (χ1) is 7.06. The molecule has 0 aliphatic rings. The van der Waals surface area contributed by atoms with Crippen molar-refractivity contribution >= 4 is 17.7 Å². The number of carbonyl (C=O) groups excluding carboxylic acids is 1. The fraction of sp³-hybridized carbons (Fsp3) is 0.625. The second-order valence-corrected chi connectivity index (χ2v) is 4.44. The van der Waals surface area contributed by atoms with Gasteiger partial charge in [-0.1, -0.05) is 18.7 Å². The van der Waals surface area contributed by atoms with Gasteiger partial charge in [-0.05, 0) is 0 Å². The van der Waals surface area contributed by atoms with Gasteiger partial charge in [0, 0.05) is 12.3 Å². The van der Waals surface area contributed by atoms with Gasteiger partial charge in [0.25, 0.3) is 0 Å². The molecule has 1 aromatic rings. The molecule has 15 heavy (non-hydrogen) atoms. The van der Waals surface area contributed by atoms with Crippen LogP contribution >= 0.6 is 11.8 Å². The minimum Gasteiger partial charge on any atom is -0.468 e. The molecule has 0 bridgehead atoms. The zero-order chi connectivity index (χ0) is 11.4. The number of nitrogens with two attached hydrogens (primary N) is 1. The largest absolute Gasteiger partial charge is 0.468 e. The van der Waals surface area contributed by atoms with Crippen LogP contribution in [-0.2, 0) is 16.6 Å². The maximum absolute atomic E-state index is 11.2. The van der Waals surface area contributed by atoms with Gasteiger partial charge in [-0.3, -0.25) is 4.79 Å². The van der Waals surface area contributed by atoms with Gasteiger partial charge in [0.05, 0.1) is 7.11 Å². The zero-order valence-electron chi connectivity index (χ0n) is 8.88. The minimum atomic E-state index is -0.656. The molecular weight excluding hydrogens is 216 g/mol. The summed E-state index contributed by atoms with van der Waals surface area (Å²) in [5.74, 6) is -0.419. The predicted octanol–water partition coefficient (Wildman–Crippen LogP) is -0.204. The quantitative estimate of drug-likeness (QED) is 0.569. The third kappa shape index (κ3) is 2.93. The predicted molar refractivity (Wildman–Crippen MR) is 56.3 cm³/mol. The first kappa shape index (κ1) is 12.0. The molecule has 0 radical (unpaired) electrons. The summed E-state index contributed by atoms with van der Waals surface area (Å²) in [4.78, 5) is 11.2. The SMILES string of the molecule is COC(=O)[C@@H](N)[C@@H](C)Sc1nncn1C. The van der Waals surface area contributed by atoms with Gasteiger partial charge in [-0.25, -0.2) is 0 Å². The van der Waals surface area contributed by atoms with Crippen molar-refractivity contribution in [1.82, 2.24) is 14.8 Å². The van der Waals surface area contributed by atoms with Crippen LogP contribution < -0.4 is 5.73 Å². The van der Waals surface area contributed by atoms with E-state index in [2.05, 4.69) is 14.9 Å². The van der Waals surface area contributed by atoms with Crippen molar-refractivity contribution in [3.05, 3.63) is 6.33 Å². The summed E-state index contributed by atoms with van der Waals surface area (Å²) in [6.07, 6.45) is 1.60. The van der Waals surface area contributed by atoms with Crippen LogP contribution in [0.3, 0.4) is 0 Å². The van der Waals surface area contributed by atoms with Gasteiger partial charge in [0.15, 0.2) is 5.16 Å². The maximum atomic E-state index is 11.2. The van der Waals surface area contributed by atoms with E-state index in [1.807, 2.05) is 14.0 Å². The Morgan fingerprint density at radius 1 is 1.73 bits per heavy atom. The van der Waals surface area contributed by atoms with Gasteiger partial charge in [-0.15, -0.1) is 10.2 Å². The second-order valence-electron chi connectivity index (χ2n) is 3.10. The van der Waals surface area contributed by atoms with E-state index >= 15 is 0 Å². The molecular formula is C8H14N4O2S. The van der Waals surface area contributed by atoms with Crippen molar-refractivity contribution in [2.45, 2.75) is 23.4 Å². The highest BCUT2D eigenvalue weighted by molar-refractivity contribution is 7.99. The molecule has 0 aliphatic heterocycles. The third-order valence-electron chi connectivity index (χ3n) is 1.94. The summed E-state index contributed by atoms with van der Waals surface area (Å²) in [6, 6.07) is -0.656. The lowest BCUT2D eigenvalue weighted by atomic mass is 10.2. The smallest absolute Gasteiger partial charge is 0.323 e. The van der Waals surface area contributed by atoms with Crippen molar-refractivity contribution in [1.29, 1.82) is 0 Å². The lowest BCUT2D eigenvalue weighted by Crippen LogP contribution is -2.39. The van der Waals surface area contributed by atoms with Gasteiger partial charge < -0.3 is 15.0 Å². The summed E-state index contributed by atoms with van der Waals surface area (Å²) in [5, 5.41) is 8.24. The van der Waals surface area contributed by atoms with Crippen LogP contribution in [0.4, 0.5) is 0 Å². The summed E-state index contributed by atoms with van der Waals surface area (Å²) in [7, 11) is 3.15. The van der Waals surface area contributed by atoms with Crippen molar-refractivity contribution in [2.24, 2.45) is 12.8 Å². The first-order valence-corrected chi connectivity index (χ1v) is 5.28. The van der Waals surface area contributed by atoms with E-state index in [1.54, 1.807) is 10.9 Å². The van der Waals surface area contributed by atoms with E-state index < -0.39 is 12.0 Å². The molecule has 1 rings (SSSR count). The first-order valence-electron chi connectivity index (χ1n) is 4.40. The van der Waals surface area contributed by atoms with Crippen LogP contribution in [-0.4, -0.2) is 39.1 Å². The Morgan fingerprint density at radius 3 is 2.87 bits per heavy atom. The van der Waals surface area contributed by atoms with Crippen LogP contribution in [0.1, 0.15) is 6.92 Å². The Bertz CT molecular complexity index is 341. The molecule has 0 aliphatic carbocycles. The van der Waals surface area contributed by atoms with Gasteiger partial charge in [0.2, 0.25) is 0 Å². The fourth-order valence-electron chi connectivity index (χ4n) is 0.947. The van der Waals surface area contributed by atoms with Crippen molar-refractivity contribution < 1.29 is 9.53 Å². The Kier molecular flexibility index (Phi) is 4.10. The number of hydrogen-bond acceptors (Lipinski definition) is 6. The van der Waals surface area contributed by atoms with E-state index in [0.717, 1.165) is 5.16 Å². The molecule has 6 nitrogen and oxygen atoms in total. The number of carbonyl (C=O) groups is 1. The Labute approximate surface area is 92.2 Å². The number of aromatic nitrogens is 3. The number of ether oxygens (including phenoxy) is 1. The average molecular weight is 230 g/mol. The summed E-state index contributed by atoms with van der Waals surface area (Å²) in [5.41, 5.74) is 5.69. The van der Waals surface area contributed by atoms with Crippen molar-refractivity contribution in [3.8, 4) is 0 Å². The number of aryl methyl sites for hydroxylation is 1. The molecule has 1 heterocycles. The molecule has 0 spiro atoms.